The van der Waals surface area contributed by atoms with Crippen LogP contribution < -0.4 is 4.74 Å². The van der Waals surface area contributed by atoms with Crippen LogP contribution in [0.3, 0.4) is 0 Å². The molecule has 0 spiro atoms. The third-order valence-electron chi connectivity index (χ3n) is 3.16. The van der Waals surface area contributed by atoms with Crippen molar-refractivity contribution in [3.8, 4) is 5.75 Å². The van der Waals surface area contributed by atoms with Gasteiger partial charge in [0.1, 0.15) is 5.78 Å². The molecule has 3 nitrogen and oxygen atoms in total. The van der Waals surface area contributed by atoms with Crippen LogP contribution in [0.5, 0.6) is 5.75 Å². The number of Topliss-reactive ketones (excluding diaryl/α,β-unsaturated/α-hetero) is 1. The van der Waals surface area contributed by atoms with E-state index in [9.17, 15) is 9.18 Å². The third kappa shape index (κ3) is 3.29. The van der Waals surface area contributed by atoms with E-state index in [0.29, 0.717) is 24.5 Å². The minimum atomic E-state index is -0.424. The van der Waals surface area contributed by atoms with Crippen LogP contribution in [-0.2, 0) is 16.0 Å². The van der Waals surface area contributed by atoms with E-state index in [0.717, 1.165) is 13.0 Å². The predicted molar refractivity (Wildman–Crippen MR) is 65.2 cm³/mol. The van der Waals surface area contributed by atoms with Gasteiger partial charge in [-0.15, -0.1) is 0 Å². The molecule has 2 rings (SSSR count). The molecule has 1 saturated heterocycles. The van der Waals surface area contributed by atoms with Gasteiger partial charge in [0.2, 0.25) is 0 Å². The Morgan fingerprint density at radius 1 is 1.56 bits per heavy atom. The van der Waals surface area contributed by atoms with Gasteiger partial charge in [0.15, 0.2) is 11.6 Å². The summed E-state index contributed by atoms with van der Waals surface area (Å²) in [5.74, 6) is 0.248. The summed E-state index contributed by atoms with van der Waals surface area (Å²) < 4.78 is 23.5. The normalized spacial score (nSPS) is 18.9. The molecule has 18 heavy (non-hydrogen) atoms. The molecule has 0 N–H and O–H groups in total. The molecule has 1 aliphatic rings. The van der Waals surface area contributed by atoms with Gasteiger partial charge in [-0.2, -0.15) is 0 Å². The van der Waals surface area contributed by atoms with Crippen molar-refractivity contribution in [1.29, 1.82) is 0 Å². The Morgan fingerprint density at radius 3 is 3.00 bits per heavy atom. The molecular weight excluding hydrogens is 235 g/mol. The summed E-state index contributed by atoms with van der Waals surface area (Å²) in [6, 6.07) is 4.64. The molecular formula is C14H17FO3. The van der Waals surface area contributed by atoms with Crippen molar-refractivity contribution in [2.24, 2.45) is 5.92 Å². The minimum absolute atomic E-state index is 0.134. The van der Waals surface area contributed by atoms with Crippen molar-refractivity contribution >= 4 is 5.78 Å². The van der Waals surface area contributed by atoms with E-state index < -0.39 is 5.82 Å². The molecule has 1 aromatic carbocycles. The second kappa shape index (κ2) is 5.96. The molecule has 0 amide bonds. The second-order valence-corrected chi connectivity index (χ2v) is 4.62. The fraction of sp³-hybridized carbons (Fsp3) is 0.500. The maximum atomic E-state index is 13.4. The van der Waals surface area contributed by atoms with Crippen LogP contribution in [0.25, 0.3) is 0 Å². The average molecular weight is 252 g/mol. The number of rotatable bonds is 5. The molecule has 98 valence electrons. The lowest BCUT2D eigenvalue weighted by molar-refractivity contribution is -0.119. The van der Waals surface area contributed by atoms with Crippen LogP contribution in [0.15, 0.2) is 18.2 Å². The molecule has 1 fully saturated rings. The van der Waals surface area contributed by atoms with Crippen molar-refractivity contribution < 1.29 is 18.7 Å². The van der Waals surface area contributed by atoms with Crippen LogP contribution >= 0.6 is 0 Å². The van der Waals surface area contributed by atoms with Crippen molar-refractivity contribution in [1.82, 2.24) is 0 Å². The average Bonchev–Trinajstić information content (AvgIpc) is 2.82. The Hall–Kier alpha value is -1.42. The molecule has 1 aliphatic heterocycles. The van der Waals surface area contributed by atoms with Gasteiger partial charge in [-0.05, 0) is 30.0 Å². The topological polar surface area (TPSA) is 35.5 Å². The Labute approximate surface area is 106 Å². The van der Waals surface area contributed by atoms with Crippen LogP contribution in [0, 0.1) is 11.7 Å². The Kier molecular flexibility index (Phi) is 4.31. The zero-order chi connectivity index (χ0) is 13.0. The highest BCUT2D eigenvalue weighted by Crippen LogP contribution is 2.20. The summed E-state index contributed by atoms with van der Waals surface area (Å²) in [5, 5.41) is 0. The van der Waals surface area contributed by atoms with Crippen molar-refractivity contribution in [3.05, 3.63) is 29.6 Å². The lowest BCUT2D eigenvalue weighted by atomic mass is 9.98. The number of methoxy groups -OCH3 is 1. The minimum Gasteiger partial charge on any atom is -0.494 e. The lowest BCUT2D eigenvalue weighted by Crippen LogP contribution is -2.10. The first kappa shape index (κ1) is 13.0. The Morgan fingerprint density at radius 2 is 2.39 bits per heavy atom. The standard InChI is InChI=1S/C14H17FO3/c1-17-14-3-2-10(8-13(14)15)6-12(16)7-11-4-5-18-9-11/h2-3,8,11H,4-7,9H2,1H3. The SMILES string of the molecule is COc1ccc(CC(=O)CC2CCOC2)cc1F. The van der Waals surface area contributed by atoms with Crippen LogP contribution in [0.4, 0.5) is 4.39 Å². The summed E-state index contributed by atoms with van der Waals surface area (Å²) in [4.78, 5) is 11.8. The Balaban J connectivity index is 1.92. The first-order valence-electron chi connectivity index (χ1n) is 6.11. The highest BCUT2D eigenvalue weighted by Gasteiger charge is 2.19. The first-order chi connectivity index (χ1) is 8.69. The zero-order valence-electron chi connectivity index (χ0n) is 10.4. The molecule has 1 unspecified atom stereocenters. The summed E-state index contributed by atoms with van der Waals surface area (Å²) in [7, 11) is 1.42. The molecule has 4 heteroatoms. The summed E-state index contributed by atoms with van der Waals surface area (Å²) in [6.07, 6.45) is 1.74. The van der Waals surface area contributed by atoms with E-state index in [2.05, 4.69) is 0 Å². The second-order valence-electron chi connectivity index (χ2n) is 4.62. The summed E-state index contributed by atoms with van der Waals surface area (Å²) in [5.41, 5.74) is 0.692. The van der Waals surface area contributed by atoms with Gasteiger partial charge in [-0.25, -0.2) is 4.39 Å². The highest BCUT2D eigenvalue weighted by molar-refractivity contribution is 5.81. The summed E-state index contributed by atoms with van der Waals surface area (Å²) >= 11 is 0. The first-order valence-corrected chi connectivity index (χ1v) is 6.11. The van der Waals surface area contributed by atoms with Gasteiger partial charge >= 0.3 is 0 Å². The van der Waals surface area contributed by atoms with Crippen LogP contribution in [0.1, 0.15) is 18.4 Å². The van der Waals surface area contributed by atoms with Gasteiger partial charge in [-0.1, -0.05) is 6.07 Å². The van der Waals surface area contributed by atoms with E-state index in [1.165, 1.54) is 13.2 Å². The number of benzene rings is 1. The molecule has 0 bridgehead atoms. The number of ketones is 1. The van der Waals surface area contributed by atoms with Crippen molar-refractivity contribution in [3.63, 3.8) is 0 Å². The molecule has 0 radical (unpaired) electrons. The smallest absolute Gasteiger partial charge is 0.165 e. The van der Waals surface area contributed by atoms with Gasteiger partial charge < -0.3 is 9.47 Å². The highest BCUT2D eigenvalue weighted by atomic mass is 19.1. The van der Waals surface area contributed by atoms with E-state index in [1.807, 2.05) is 0 Å². The quantitative estimate of drug-likeness (QED) is 0.807. The molecule has 1 aromatic rings. The third-order valence-corrected chi connectivity index (χ3v) is 3.16. The predicted octanol–water partition coefficient (Wildman–Crippen LogP) is 2.37. The summed E-state index contributed by atoms with van der Waals surface area (Å²) in [6.45, 7) is 1.41. The zero-order valence-corrected chi connectivity index (χ0v) is 10.4. The number of carbonyl (C=O) groups is 1. The maximum absolute atomic E-state index is 13.4. The van der Waals surface area contributed by atoms with Gasteiger partial charge in [-0.3, -0.25) is 4.79 Å². The molecule has 0 saturated carbocycles. The monoisotopic (exact) mass is 252 g/mol. The lowest BCUT2D eigenvalue weighted by Gasteiger charge is -2.07. The number of hydrogen-bond acceptors (Lipinski definition) is 3. The number of carbonyl (C=O) groups excluding carboxylic acids is 1. The van der Waals surface area contributed by atoms with Gasteiger partial charge in [0.25, 0.3) is 0 Å². The molecule has 1 atom stereocenters. The van der Waals surface area contributed by atoms with Crippen molar-refractivity contribution in [2.45, 2.75) is 19.3 Å². The van der Waals surface area contributed by atoms with E-state index in [4.69, 9.17) is 9.47 Å². The number of halogens is 1. The maximum Gasteiger partial charge on any atom is 0.165 e. The van der Waals surface area contributed by atoms with Crippen LogP contribution in [0.2, 0.25) is 0 Å². The van der Waals surface area contributed by atoms with Crippen molar-refractivity contribution in [2.75, 3.05) is 20.3 Å². The number of ether oxygens (including phenoxy) is 2. The van der Waals surface area contributed by atoms with E-state index >= 15 is 0 Å². The fourth-order valence-electron chi connectivity index (χ4n) is 2.19. The van der Waals surface area contributed by atoms with Gasteiger partial charge in [0, 0.05) is 26.1 Å². The molecule has 1 heterocycles. The fourth-order valence-corrected chi connectivity index (χ4v) is 2.19. The largest absolute Gasteiger partial charge is 0.494 e. The number of hydrogen-bond donors (Lipinski definition) is 0. The van der Waals surface area contributed by atoms with E-state index in [1.54, 1.807) is 12.1 Å². The van der Waals surface area contributed by atoms with E-state index in [-0.39, 0.29) is 18.0 Å². The molecule has 0 aliphatic carbocycles. The molecule has 0 aromatic heterocycles. The Bertz CT molecular complexity index is 425. The van der Waals surface area contributed by atoms with Gasteiger partial charge in [0.05, 0.1) is 7.11 Å². The van der Waals surface area contributed by atoms with Crippen LogP contribution in [-0.4, -0.2) is 26.1 Å².